The second-order valence-corrected chi connectivity index (χ2v) is 4.70. The van der Waals surface area contributed by atoms with Crippen molar-refractivity contribution in [2.24, 2.45) is 0 Å². The summed E-state index contributed by atoms with van der Waals surface area (Å²) in [6.45, 7) is 0. The maximum Gasteiger partial charge on any atom is 0.259 e. The Hall–Kier alpha value is -2.02. The zero-order chi connectivity index (χ0) is 14.7. The van der Waals surface area contributed by atoms with Crippen LogP contribution in [0.5, 0.6) is 0 Å². The molecule has 0 aliphatic rings. The summed E-state index contributed by atoms with van der Waals surface area (Å²) in [6, 6.07) is 5.00. The Morgan fingerprint density at radius 3 is 2.75 bits per heavy atom. The van der Waals surface area contributed by atoms with Gasteiger partial charge in [-0.3, -0.25) is 4.79 Å². The van der Waals surface area contributed by atoms with Gasteiger partial charge in [-0.15, -0.1) is 0 Å². The summed E-state index contributed by atoms with van der Waals surface area (Å²) < 4.78 is 26.8. The van der Waals surface area contributed by atoms with Gasteiger partial charge in [0.25, 0.3) is 5.91 Å². The molecule has 0 radical (unpaired) electrons. The molecule has 0 saturated heterocycles. The molecule has 0 spiro atoms. The number of halogens is 3. The van der Waals surface area contributed by atoms with E-state index in [9.17, 15) is 13.6 Å². The smallest absolute Gasteiger partial charge is 0.259 e. The number of amides is 1. The lowest BCUT2D eigenvalue weighted by Gasteiger charge is -2.10. The fourth-order valence-electron chi connectivity index (χ4n) is 1.60. The van der Waals surface area contributed by atoms with Gasteiger partial charge in [0.15, 0.2) is 0 Å². The number of nitrogens with one attached hydrogen (secondary N) is 2. The first-order valence-electron chi connectivity index (χ1n) is 5.61. The first-order valence-corrected chi connectivity index (χ1v) is 6.41. The van der Waals surface area contributed by atoms with Crippen molar-refractivity contribution in [1.29, 1.82) is 0 Å². The standard InChI is InChI=1S/C13H10BrF2N3O/c1-17-12-7(3-2-4-18-12)13(20)19-11-5-8(14)9(15)6-10(11)16/h2-6H,1H3,(H,17,18)(H,19,20). The van der Waals surface area contributed by atoms with Gasteiger partial charge in [0.1, 0.15) is 17.5 Å². The van der Waals surface area contributed by atoms with Crippen LogP contribution in [-0.2, 0) is 0 Å². The Morgan fingerprint density at radius 1 is 1.30 bits per heavy atom. The van der Waals surface area contributed by atoms with E-state index in [1.807, 2.05) is 0 Å². The van der Waals surface area contributed by atoms with E-state index >= 15 is 0 Å². The molecule has 4 nitrogen and oxygen atoms in total. The molecule has 20 heavy (non-hydrogen) atoms. The summed E-state index contributed by atoms with van der Waals surface area (Å²) >= 11 is 2.94. The highest BCUT2D eigenvalue weighted by Crippen LogP contribution is 2.24. The zero-order valence-electron chi connectivity index (χ0n) is 10.4. The first kappa shape index (κ1) is 14.4. The Kier molecular flexibility index (Phi) is 4.29. The molecule has 0 saturated carbocycles. The van der Waals surface area contributed by atoms with E-state index in [2.05, 4.69) is 31.5 Å². The highest BCUT2D eigenvalue weighted by molar-refractivity contribution is 9.10. The number of aromatic nitrogens is 1. The van der Waals surface area contributed by atoms with Gasteiger partial charge >= 0.3 is 0 Å². The lowest BCUT2D eigenvalue weighted by Crippen LogP contribution is -2.15. The minimum absolute atomic E-state index is 0.0641. The van der Waals surface area contributed by atoms with Crippen molar-refractivity contribution in [1.82, 2.24) is 4.98 Å². The van der Waals surface area contributed by atoms with Crippen molar-refractivity contribution in [2.75, 3.05) is 17.7 Å². The number of nitrogens with zero attached hydrogens (tertiary/aromatic N) is 1. The summed E-state index contributed by atoms with van der Waals surface area (Å²) in [5.74, 6) is -1.77. The second-order valence-electron chi connectivity index (χ2n) is 3.85. The third-order valence-corrected chi connectivity index (χ3v) is 3.16. The number of anilines is 2. The molecule has 104 valence electrons. The van der Waals surface area contributed by atoms with Crippen LogP contribution in [0, 0.1) is 11.6 Å². The van der Waals surface area contributed by atoms with Gasteiger partial charge in [-0.1, -0.05) is 0 Å². The maximum absolute atomic E-state index is 13.6. The van der Waals surface area contributed by atoms with Crippen LogP contribution in [0.2, 0.25) is 0 Å². The van der Waals surface area contributed by atoms with Crippen LogP contribution in [0.4, 0.5) is 20.3 Å². The van der Waals surface area contributed by atoms with Crippen LogP contribution >= 0.6 is 15.9 Å². The molecule has 1 amide bonds. The van der Waals surface area contributed by atoms with Crippen LogP contribution in [0.1, 0.15) is 10.4 Å². The zero-order valence-corrected chi connectivity index (χ0v) is 12.0. The number of carbonyl (C=O) groups is 1. The van der Waals surface area contributed by atoms with E-state index in [1.54, 1.807) is 19.2 Å². The molecular weight excluding hydrogens is 332 g/mol. The fourth-order valence-corrected chi connectivity index (χ4v) is 1.94. The molecular formula is C13H10BrF2N3O. The largest absolute Gasteiger partial charge is 0.372 e. The van der Waals surface area contributed by atoms with Crippen LogP contribution < -0.4 is 10.6 Å². The minimum Gasteiger partial charge on any atom is -0.372 e. The van der Waals surface area contributed by atoms with Gasteiger partial charge < -0.3 is 10.6 Å². The van der Waals surface area contributed by atoms with E-state index in [0.29, 0.717) is 11.9 Å². The Balaban J connectivity index is 2.30. The van der Waals surface area contributed by atoms with Crippen molar-refractivity contribution in [3.8, 4) is 0 Å². The molecule has 0 fully saturated rings. The predicted octanol–water partition coefficient (Wildman–Crippen LogP) is 3.42. The van der Waals surface area contributed by atoms with E-state index in [-0.39, 0.29) is 15.7 Å². The normalized spacial score (nSPS) is 10.2. The molecule has 0 bridgehead atoms. The number of pyridine rings is 1. The molecule has 0 aliphatic carbocycles. The molecule has 0 atom stereocenters. The van der Waals surface area contributed by atoms with E-state index in [0.717, 1.165) is 6.07 Å². The van der Waals surface area contributed by atoms with Gasteiger partial charge in [-0.25, -0.2) is 13.8 Å². The second kappa shape index (κ2) is 5.96. The Bertz CT molecular complexity index is 664. The molecule has 1 aromatic heterocycles. The SMILES string of the molecule is CNc1ncccc1C(=O)Nc1cc(Br)c(F)cc1F. The maximum atomic E-state index is 13.6. The lowest BCUT2D eigenvalue weighted by atomic mass is 10.2. The van der Waals surface area contributed by atoms with Gasteiger partial charge in [0, 0.05) is 19.3 Å². The van der Waals surface area contributed by atoms with Crippen molar-refractivity contribution >= 4 is 33.3 Å². The molecule has 7 heteroatoms. The van der Waals surface area contributed by atoms with Crippen LogP contribution in [0.25, 0.3) is 0 Å². The average molecular weight is 342 g/mol. The predicted molar refractivity (Wildman–Crippen MR) is 75.8 cm³/mol. The number of rotatable bonds is 3. The summed E-state index contributed by atoms with van der Waals surface area (Å²) in [6.07, 6.45) is 1.53. The van der Waals surface area contributed by atoms with Gasteiger partial charge in [0.2, 0.25) is 0 Å². The summed E-state index contributed by atoms with van der Waals surface area (Å²) in [5, 5.41) is 5.14. The Labute approximate surface area is 122 Å². The van der Waals surface area contributed by atoms with Gasteiger partial charge in [-0.05, 0) is 34.1 Å². The Morgan fingerprint density at radius 2 is 2.05 bits per heavy atom. The molecule has 2 aromatic rings. The highest BCUT2D eigenvalue weighted by Gasteiger charge is 2.15. The summed E-state index contributed by atoms with van der Waals surface area (Å²) in [5.41, 5.74) is 0.143. The van der Waals surface area contributed by atoms with E-state index in [4.69, 9.17) is 0 Å². The van der Waals surface area contributed by atoms with Gasteiger partial charge in [0.05, 0.1) is 15.7 Å². The van der Waals surface area contributed by atoms with Crippen molar-refractivity contribution in [2.45, 2.75) is 0 Å². The average Bonchev–Trinajstić information content (AvgIpc) is 2.44. The fraction of sp³-hybridized carbons (Fsp3) is 0.0769. The van der Waals surface area contributed by atoms with Crippen molar-refractivity contribution < 1.29 is 13.6 Å². The molecule has 1 aromatic carbocycles. The summed E-state index contributed by atoms with van der Waals surface area (Å²) in [4.78, 5) is 16.1. The topological polar surface area (TPSA) is 54.0 Å². The van der Waals surface area contributed by atoms with Crippen LogP contribution in [-0.4, -0.2) is 17.9 Å². The highest BCUT2D eigenvalue weighted by atomic mass is 79.9. The third-order valence-electron chi connectivity index (χ3n) is 2.55. The van der Waals surface area contributed by atoms with Gasteiger partial charge in [-0.2, -0.15) is 0 Å². The first-order chi connectivity index (χ1) is 9.52. The number of hydrogen-bond acceptors (Lipinski definition) is 3. The minimum atomic E-state index is -0.853. The molecule has 2 rings (SSSR count). The van der Waals surface area contributed by atoms with Crippen molar-refractivity contribution in [3.63, 3.8) is 0 Å². The van der Waals surface area contributed by atoms with Crippen molar-refractivity contribution in [3.05, 3.63) is 52.1 Å². The number of benzene rings is 1. The monoisotopic (exact) mass is 341 g/mol. The molecule has 2 N–H and O–H groups in total. The van der Waals surface area contributed by atoms with E-state index < -0.39 is 17.5 Å². The van der Waals surface area contributed by atoms with Crippen LogP contribution in [0.15, 0.2) is 34.9 Å². The van der Waals surface area contributed by atoms with E-state index in [1.165, 1.54) is 6.20 Å². The lowest BCUT2D eigenvalue weighted by molar-refractivity contribution is 0.102. The summed E-state index contributed by atoms with van der Waals surface area (Å²) in [7, 11) is 1.62. The number of carbonyl (C=O) groups excluding carboxylic acids is 1. The quantitative estimate of drug-likeness (QED) is 0.841. The van der Waals surface area contributed by atoms with Crippen LogP contribution in [0.3, 0.4) is 0 Å². The molecule has 1 heterocycles. The third kappa shape index (κ3) is 2.93. The molecule has 0 unspecified atom stereocenters. The molecule has 0 aliphatic heterocycles. The number of hydrogen-bond donors (Lipinski definition) is 2.